The van der Waals surface area contributed by atoms with Crippen LogP contribution in [-0.4, -0.2) is 71.4 Å². The number of nitrogens with zero attached hydrogens (tertiary/aromatic N) is 3. The molecule has 0 radical (unpaired) electrons. The van der Waals surface area contributed by atoms with Gasteiger partial charge in [0.25, 0.3) is 0 Å². The number of carbonyl (C=O) groups excluding carboxylic acids is 2. The summed E-state index contributed by atoms with van der Waals surface area (Å²) in [6.07, 6.45) is 0. The van der Waals surface area contributed by atoms with E-state index in [2.05, 4.69) is 25.4 Å². The summed E-state index contributed by atoms with van der Waals surface area (Å²) in [6, 6.07) is 6.10. The zero-order chi connectivity index (χ0) is 21.7. The fourth-order valence-electron chi connectivity index (χ4n) is 3.21. The molecule has 0 saturated carbocycles. The topological polar surface area (TPSA) is 77.6 Å². The third kappa shape index (κ3) is 6.86. The van der Waals surface area contributed by atoms with Crippen LogP contribution in [0.15, 0.2) is 29.6 Å². The Morgan fingerprint density at radius 2 is 1.60 bits per heavy atom. The molecule has 0 aliphatic carbocycles. The zero-order valence-corrected chi connectivity index (χ0v) is 18.4. The zero-order valence-electron chi connectivity index (χ0n) is 17.6. The molecule has 0 atom stereocenters. The molecule has 2 amide bonds. The lowest BCUT2D eigenvalue weighted by molar-refractivity contribution is -0.124. The fraction of sp³-hybridized carbons (Fsp3) is 0.476. The quantitative estimate of drug-likeness (QED) is 0.732. The number of nitrogens with one attached hydrogen (secondary N) is 2. The lowest BCUT2D eigenvalue weighted by Crippen LogP contribution is -2.52. The van der Waals surface area contributed by atoms with Crippen LogP contribution in [0.5, 0.6) is 0 Å². The molecule has 9 heteroatoms. The number of amides is 2. The van der Waals surface area contributed by atoms with E-state index in [1.165, 1.54) is 23.5 Å². The lowest BCUT2D eigenvalue weighted by atomic mass is 10.1. The molecule has 7 nitrogen and oxygen atoms in total. The molecule has 0 bridgehead atoms. The van der Waals surface area contributed by atoms with Crippen LogP contribution < -0.4 is 10.6 Å². The maximum absolute atomic E-state index is 13.1. The van der Waals surface area contributed by atoms with Crippen LogP contribution in [0.2, 0.25) is 0 Å². The van der Waals surface area contributed by atoms with Crippen molar-refractivity contribution in [3.63, 3.8) is 0 Å². The minimum Gasteiger partial charge on any atom is -0.350 e. The smallest absolute Gasteiger partial charge is 0.240 e. The fourth-order valence-corrected chi connectivity index (χ4v) is 3.95. The van der Waals surface area contributed by atoms with Crippen LogP contribution in [-0.2, 0) is 9.59 Å². The maximum Gasteiger partial charge on any atom is 0.240 e. The van der Waals surface area contributed by atoms with Gasteiger partial charge in [-0.15, -0.1) is 11.3 Å². The minimum absolute atomic E-state index is 0.0226. The normalized spacial score (nSPS) is 15.7. The van der Waals surface area contributed by atoms with Gasteiger partial charge in [-0.1, -0.05) is 0 Å². The molecule has 162 valence electrons. The molecular weight excluding hydrogens is 405 g/mol. The van der Waals surface area contributed by atoms with E-state index >= 15 is 0 Å². The molecule has 1 fully saturated rings. The highest BCUT2D eigenvalue weighted by Gasteiger charge is 2.22. The number of halogens is 1. The molecule has 0 spiro atoms. The van der Waals surface area contributed by atoms with Crippen LogP contribution in [0.3, 0.4) is 0 Å². The predicted molar refractivity (Wildman–Crippen MR) is 117 cm³/mol. The third-order valence-electron chi connectivity index (χ3n) is 4.60. The Kier molecular flexibility index (Phi) is 7.17. The maximum atomic E-state index is 13.1. The molecule has 1 aromatic carbocycles. The van der Waals surface area contributed by atoms with E-state index in [0.717, 1.165) is 31.7 Å². The summed E-state index contributed by atoms with van der Waals surface area (Å²) in [5.74, 6) is -0.388. The van der Waals surface area contributed by atoms with Crippen molar-refractivity contribution in [1.29, 1.82) is 0 Å². The van der Waals surface area contributed by atoms with E-state index in [0.29, 0.717) is 17.4 Å². The van der Waals surface area contributed by atoms with Crippen molar-refractivity contribution in [3.05, 3.63) is 35.5 Å². The van der Waals surface area contributed by atoms with Gasteiger partial charge in [0.05, 0.1) is 18.8 Å². The highest BCUT2D eigenvalue weighted by molar-refractivity contribution is 7.14. The van der Waals surface area contributed by atoms with Crippen LogP contribution in [0.25, 0.3) is 11.3 Å². The first-order chi connectivity index (χ1) is 14.2. The summed E-state index contributed by atoms with van der Waals surface area (Å²) < 4.78 is 13.1. The summed E-state index contributed by atoms with van der Waals surface area (Å²) in [7, 11) is 0. The molecule has 3 rings (SSSR count). The Balaban J connectivity index is 1.42. The number of carbonyl (C=O) groups is 2. The summed E-state index contributed by atoms with van der Waals surface area (Å²) in [6.45, 7) is 9.51. The van der Waals surface area contributed by atoms with Gasteiger partial charge in [-0.2, -0.15) is 0 Å². The Hall–Kier alpha value is -2.36. The van der Waals surface area contributed by atoms with E-state index in [4.69, 9.17) is 0 Å². The summed E-state index contributed by atoms with van der Waals surface area (Å²) in [4.78, 5) is 33.0. The molecule has 2 aromatic rings. The molecule has 1 aliphatic heterocycles. The minimum atomic E-state index is -0.294. The van der Waals surface area contributed by atoms with Crippen molar-refractivity contribution in [2.75, 3.05) is 44.6 Å². The number of hydrogen-bond acceptors (Lipinski definition) is 6. The Morgan fingerprint density at radius 3 is 2.17 bits per heavy atom. The van der Waals surface area contributed by atoms with Gasteiger partial charge < -0.3 is 10.6 Å². The average molecular weight is 434 g/mol. The monoisotopic (exact) mass is 433 g/mol. The van der Waals surface area contributed by atoms with E-state index in [-0.39, 0.29) is 29.7 Å². The van der Waals surface area contributed by atoms with Gasteiger partial charge in [0.1, 0.15) is 5.82 Å². The van der Waals surface area contributed by atoms with Crippen molar-refractivity contribution in [1.82, 2.24) is 20.1 Å². The van der Waals surface area contributed by atoms with Crippen molar-refractivity contribution in [2.24, 2.45) is 0 Å². The van der Waals surface area contributed by atoms with E-state index in [9.17, 15) is 14.0 Å². The van der Waals surface area contributed by atoms with Gasteiger partial charge in [0, 0.05) is 42.7 Å². The molecule has 2 N–H and O–H groups in total. The highest BCUT2D eigenvalue weighted by Crippen LogP contribution is 2.25. The summed E-state index contributed by atoms with van der Waals surface area (Å²) >= 11 is 1.34. The van der Waals surface area contributed by atoms with E-state index < -0.39 is 0 Å². The standard InChI is InChI=1S/C21H28FN5O2S/c1-21(2,3)25-19(29)13-27-10-8-26(9-11-27)12-18(28)24-20-23-17(14-30-20)15-4-6-16(22)7-5-15/h4-7,14H,8-13H2,1-3H3,(H,25,29)(H,23,24,28). The molecule has 2 heterocycles. The van der Waals surface area contributed by atoms with Crippen LogP contribution >= 0.6 is 11.3 Å². The first-order valence-electron chi connectivity index (χ1n) is 9.95. The third-order valence-corrected chi connectivity index (χ3v) is 5.36. The van der Waals surface area contributed by atoms with Crippen LogP contribution in [0, 0.1) is 5.82 Å². The second-order valence-electron chi connectivity index (χ2n) is 8.44. The highest BCUT2D eigenvalue weighted by atomic mass is 32.1. The lowest BCUT2D eigenvalue weighted by Gasteiger charge is -2.34. The predicted octanol–water partition coefficient (Wildman–Crippen LogP) is 2.42. The second kappa shape index (κ2) is 9.63. The summed E-state index contributed by atoms with van der Waals surface area (Å²) in [5.41, 5.74) is 1.28. The van der Waals surface area contributed by atoms with E-state index in [1.807, 2.05) is 26.2 Å². The van der Waals surface area contributed by atoms with Gasteiger partial charge in [0.2, 0.25) is 11.8 Å². The largest absolute Gasteiger partial charge is 0.350 e. The number of rotatable bonds is 6. The number of hydrogen-bond donors (Lipinski definition) is 2. The van der Waals surface area contributed by atoms with Gasteiger partial charge >= 0.3 is 0 Å². The van der Waals surface area contributed by atoms with Crippen molar-refractivity contribution < 1.29 is 14.0 Å². The van der Waals surface area contributed by atoms with Crippen molar-refractivity contribution >= 4 is 28.3 Å². The Bertz CT molecular complexity index is 870. The van der Waals surface area contributed by atoms with Crippen LogP contribution in [0.1, 0.15) is 20.8 Å². The number of piperazine rings is 1. The van der Waals surface area contributed by atoms with Gasteiger partial charge in [0.15, 0.2) is 5.13 Å². The van der Waals surface area contributed by atoms with Gasteiger partial charge in [-0.3, -0.25) is 19.4 Å². The van der Waals surface area contributed by atoms with Crippen LogP contribution in [0.4, 0.5) is 9.52 Å². The van der Waals surface area contributed by atoms with Crippen molar-refractivity contribution in [2.45, 2.75) is 26.3 Å². The SMILES string of the molecule is CC(C)(C)NC(=O)CN1CCN(CC(=O)Nc2nc(-c3ccc(F)cc3)cs2)CC1. The average Bonchev–Trinajstić information content (AvgIpc) is 3.10. The molecule has 1 saturated heterocycles. The Morgan fingerprint density at radius 1 is 1.03 bits per heavy atom. The number of aromatic nitrogens is 1. The Labute approximate surface area is 180 Å². The first kappa shape index (κ1) is 22.3. The van der Waals surface area contributed by atoms with E-state index in [1.54, 1.807) is 12.1 Å². The number of benzene rings is 1. The molecular formula is C21H28FN5O2S. The number of anilines is 1. The van der Waals surface area contributed by atoms with Gasteiger partial charge in [-0.05, 0) is 45.0 Å². The van der Waals surface area contributed by atoms with Crippen molar-refractivity contribution in [3.8, 4) is 11.3 Å². The molecule has 1 aliphatic rings. The molecule has 1 aromatic heterocycles. The second-order valence-corrected chi connectivity index (χ2v) is 9.30. The molecule has 30 heavy (non-hydrogen) atoms. The number of thiazole rings is 1. The summed E-state index contributed by atoms with van der Waals surface area (Å²) in [5, 5.41) is 8.17. The molecule has 0 unspecified atom stereocenters. The van der Waals surface area contributed by atoms with Gasteiger partial charge in [-0.25, -0.2) is 9.37 Å². The first-order valence-corrected chi connectivity index (χ1v) is 10.8.